The lowest BCUT2D eigenvalue weighted by molar-refractivity contribution is 0.0696. The minimum absolute atomic E-state index is 0.194. The van der Waals surface area contributed by atoms with E-state index in [1.54, 1.807) is 29.8 Å². The fraction of sp³-hybridized carbons (Fsp3) is 0.333. The fourth-order valence-corrected chi connectivity index (χ4v) is 1.76. The Bertz CT molecular complexity index is 590. The number of nitrogens with zero attached hydrogens (tertiary/aromatic N) is 4. The molecule has 0 aliphatic carbocycles. The zero-order valence-corrected chi connectivity index (χ0v) is 10.5. The molecule has 0 aliphatic rings. The molecule has 0 saturated heterocycles. The molecule has 1 heterocycles. The molecule has 0 unspecified atom stereocenters. The predicted octanol–water partition coefficient (Wildman–Crippen LogP) is 1.79. The van der Waals surface area contributed by atoms with Gasteiger partial charge in [-0.3, -0.25) is 0 Å². The Hall–Kier alpha value is -2.24. The van der Waals surface area contributed by atoms with Crippen molar-refractivity contribution in [3.05, 3.63) is 35.2 Å². The average molecular weight is 246 g/mol. The highest BCUT2D eigenvalue weighted by Crippen LogP contribution is 2.18. The molecule has 0 atom stereocenters. The molecule has 0 aliphatic heterocycles. The van der Waals surface area contributed by atoms with Crippen LogP contribution in [-0.2, 0) is 0 Å². The number of aryl methyl sites for hydroxylation is 1. The molecule has 0 saturated carbocycles. The maximum Gasteiger partial charge on any atom is 0.335 e. The van der Waals surface area contributed by atoms with E-state index < -0.39 is 5.97 Å². The first-order valence-corrected chi connectivity index (χ1v) is 5.63. The van der Waals surface area contributed by atoms with Crippen molar-refractivity contribution < 1.29 is 9.90 Å². The van der Waals surface area contributed by atoms with Gasteiger partial charge in [-0.15, -0.1) is 5.10 Å². The van der Waals surface area contributed by atoms with E-state index in [0.29, 0.717) is 5.56 Å². The molecule has 18 heavy (non-hydrogen) atoms. The number of benzene rings is 1. The summed E-state index contributed by atoms with van der Waals surface area (Å²) in [6.45, 7) is 5.76. The van der Waals surface area contributed by atoms with Crippen molar-refractivity contribution in [2.45, 2.75) is 26.7 Å². The van der Waals surface area contributed by atoms with E-state index in [2.05, 4.69) is 15.5 Å². The van der Waals surface area contributed by atoms with Crippen molar-refractivity contribution in [3.63, 3.8) is 0 Å². The number of aromatic nitrogens is 4. The number of tetrazole rings is 1. The Morgan fingerprint density at radius 2 is 2.11 bits per heavy atom. The molecular weight excluding hydrogens is 232 g/mol. The average Bonchev–Trinajstić information content (AvgIpc) is 2.77. The predicted molar refractivity (Wildman–Crippen MR) is 64.9 cm³/mol. The molecular formula is C12H14N4O2. The molecule has 2 aromatic rings. The number of carboxylic acid groups (broad SMARTS) is 1. The molecule has 0 amide bonds. The van der Waals surface area contributed by atoms with Crippen molar-refractivity contribution >= 4 is 5.97 Å². The van der Waals surface area contributed by atoms with Gasteiger partial charge >= 0.3 is 5.97 Å². The molecule has 0 bridgehead atoms. The van der Waals surface area contributed by atoms with Crippen LogP contribution in [0.4, 0.5) is 0 Å². The Morgan fingerprint density at radius 1 is 1.39 bits per heavy atom. The third-order valence-corrected chi connectivity index (χ3v) is 2.69. The minimum atomic E-state index is -0.931. The maximum atomic E-state index is 10.9. The van der Waals surface area contributed by atoms with Crippen LogP contribution in [0.1, 0.15) is 41.5 Å². The zero-order chi connectivity index (χ0) is 13.3. The quantitative estimate of drug-likeness (QED) is 0.892. The Labute approximate surface area is 104 Å². The first-order chi connectivity index (χ1) is 8.50. The zero-order valence-electron chi connectivity index (χ0n) is 10.5. The molecule has 1 aromatic heterocycles. The van der Waals surface area contributed by atoms with Gasteiger partial charge in [-0.25, -0.2) is 4.79 Å². The summed E-state index contributed by atoms with van der Waals surface area (Å²) >= 11 is 0. The Morgan fingerprint density at radius 3 is 2.67 bits per heavy atom. The van der Waals surface area contributed by atoms with Crippen molar-refractivity contribution in [1.29, 1.82) is 0 Å². The lowest BCUT2D eigenvalue weighted by Crippen LogP contribution is -2.07. The molecule has 1 aromatic carbocycles. The van der Waals surface area contributed by atoms with E-state index in [1.807, 2.05) is 13.8 Å². The first-order valence-electron chi connectivity index (χ1n) is 5.63. The lowest BCUT2D eigenvalue weighted by Gasteiger charge is -2.08. The van der Waals surface area contributed by atoms with Crippen molar-refractivity contribution in [3.8, 4) is 5.69 Å². The van der Waals surface area contributed by atoms with Gasteiger partial charge in [0.2, 0.25) is 0 Å². The molecule has 0 fully saturated rings. The monoisotopic (exact) mass is 246 g/mol. The third kappa shape index (κ3) is 2.09. The van der Waals surface area contributed by atoms with Gasteiger partial charge in [-0.2, -0.15) is 4.68 Å². The highest BCUT2D eigenvalue weighted by molar-refractivity contribution is 5.89. The Kier molecular flexibility index (Phi) is 3.10. The molecule has 2 rings (SSSR count). The fourth-order valence-electron chi connectivity index (χ4n) is 1.76. The van der Waals surface area contributed by atoms with Crippen LogP contribution in [0.3, 0.4) is 0 Å². The molecule has 0 radical (unpaired) electrons. The number of hydrogen-bond acceptors (Lipinski definition) is 4. The third-order valence-electron chi connectivity index (χ3n) is 2.69. The number of rotatable bonds is 3. The smallest absolute Gasteiger partial charge is 0.335 e. The summed E-state index contributed by atoms with van der Waals surface area (Å²) < 4.78 is 1.63. The van der Waals surface area contributed by atoms with Crippen LogP contribution >= 0.6 is 0 Å². The maximum absolute atomic E-state index is 10.9. The first kappa shape index (κ1) is 12.2. The second-order valence-corrected chi connectivity index (χ2v) is 4.41. The summed E-state index contributed by atoms with van der Waals surface area (Å²) in [5.41, 5.74) is 1.74. The summed E-state index contributed by atoms with van der Waals surface area (Å²) in [6.07, 6.45) is 0. The normalized spacial score (nSPS) is 10.9. The highest BCUT2D eigenvalue weighted by Gasteiger charge is 2.14. The van der Waals surface area contributed by atoms with Crippen LogP contribution in [0.2, 0.25) is 0 Å². The van der Waals surface area contributed by atoms with E-state index in [0.717, 1.165) is 11.5 Å². The number of hydrogen-bond donors (Lipinski definition) is 1. The van der Waals surface area contributed by atoms with E-state index in [9.17, 15) is 4.79 Å². The summed E-state index contributed by atoms with van der Waals surface area (Å²) in [5, 5.41) is 20.5. The summed E-state index contributed by atoms with van der Waals surface area (Å²) in [4.78, 5) is 10.9. The van der Waals surface area contributed by atoms with Crippen LogP contribution < -0.4 is 0 Å². The number of aromatic carboxylic acids is 1. The Balaban J connectivity index is 2.49. The summed E-state index contributed by atoms with van der Waals surface area (Å²) in [7, 11) is 0. The van der Waals surface area contributed by atoms with Gasteiger partial charge in [0, 0.05) is 5.92 Å². The second-order valence-electron chi connectivity index (χ2n) is 4.41. The minimum Gasteiger partial charge on any atom is -0.478 e. The molecule has 1 N–H and O–H groups in total. The standard InChI is InChI=1S/C12H14N4O2/c1-7(2)11-13-14-15-16(11)9-4-5-10(12(17)18)8(3)6-9/h4-7H,1-3H3,(H,17,18). The number of carboxylic acids is 1. The summed E-state index contributed by atoms with van der Waals surface area (Å²) in [6, 6.07) is 5.04. The van der Waals surface area contributed by atoms with Crippen LogP contribution in [0.25, 0.3) is 5.69 Å². The van der Waals surface area contributed by atoms with Gasteiger partial charge in [-0.1, -0.05) is 13.8 Å². The highest BCUT2D eigenvalue weighted by atomic mass is 16.4. The van der Waals surface area contributed by atoms with E-state index in [4.69, 9.17) is 5.11 Å². The molecule has 6 nitrogen and oxygen atoms in total. The van der Waals surface area contributed by atoms with Crippen molar-refractivity contribution in [2.75, 3.05) is 0 Å². The molecule has 0 spiro atoms. The van der Waals surface area contributed by atoms with Gasteiger partial charge in [-0.05, 0) is 41.1 Å². The van der Waals surface area contributed by atoms with Crippen LogP contribution in [0.15, 0.2) is 18.2 Å². The van der Waals surface area contributed by atoms with Gasteiger partial charge < -0.3 is 5.11 Å². The van der Waals surface area contributed by atoms with Crippen LogP contribution in [0, 0.1) is 6.92 Å². The molecule has 6 heteroatoms. The number of carbonyl (C=O) groups is 1. The van der Waals surface area contributed by atoms with Gasteiger partial charge in [0.1, 0.15) is 0 Å². The van der Waals surface area contributed by atoms with E-state index in [-0.39, 0.29) is 11.5 Å². The van der Waals surface area contributed by atoms with Crippen LogP contribution in [-0.4, -0.2) is 31.3 Å². The van der Waals surface area contributed by atoms with E-state index >= 15 is 0 Å². The lowest BCUT2D eigenvalue weighted by atomic mass is 10.1. The van der Waals surface area contributed by atoms with Crippen molar-refractivity contribution in [2.24, 2.45) is 0 Å². The second kappa shape index (κ2) is 4.56. The van der Waals surface area contributed by atoms with Gasteiger partial charge in [0.15, 0.2) is 5.82 Å². The van der Waals surface area contributed by atoms with Gasteiger partial charge in [0.05, 0.1) is 11.3 Å². The largest absolute Gasteiger partial charge is 0.478 e. The summed E-state index contributed by atoms with van der Waals surface area (Å²) in [5.74, 6) is 0.0109. The SMILES string of the molecule is Cc1cc(-n2nnnc2C(C)C)ccc1C(=O)O. The molecule has 94 valence electrons. The van der Waals surface area contributed by atoms with Gasteiger partial charge in [0.25, 0.3) is 0 Å². The topological polar surface area (TPSA) is 80.9 Å². The van der Waals surface area contributed by atoms with Crippen molar-refractivity contribution in [1.82, 2.24) is 20.2 Å². The van der Waals surface area contributed by atoms with E-state index in [1.165, 1.54) is 0 Å². The van der Waals surface area contributed by atoms with Crippen LogP contribution in [0.5, 0.6) is 0 Å².